The Morgan fingerprint density at radius 3 is 2.83 bits per heavy atom. The van der Waals surface area contributed by atoms with E-state index in [9.17, 15) is 0 Å². The molecule has 0 aromatic carbocycles. The van der Waals surface area contributed by atoms with Gasteiger partial charge in [-0.05, 0) is 50.3 Å². The molecule has 1 aromatic rings. The number of hydrogen-bond donors (Lipinski definition) is 1. The molecule has 3 atom stereocenters. The van der Waals surface area contributed by atoms with Crippen LogP contribution in [0, 0.1) is 18.8 Å². The van der Waals surface area contributed by atoms with Gasteiger partial charge in [-0.25, -0.2) is 0 Å². The molecule has 1 N–H and O–H groups in total. The van der Waals surface area contributed by atoms with E-state index in [-0.39, 0.29) is 0 Å². The minimum Gasteiger partial charge on any atom is -0.313 e. The topological polar surface area (TPSA) is 24.9 Å². The maximum atomic E-state index is 4.44. The van der Waals surface area contributed by atoms with Crippen LogP contribution in [-0.2, 0) is 0 Å². The first kappa shape index (κ1) is 13.5. The van der Waals surface area contributed by atoms with Crippen LogP contribution in [0.2, 0.25) is 0 Å². The Labute approximate surface area is 111 Å². The SMILES string of the molecule is CCC1CCCC(C(NC)c2ccc(C)nc2)C1. The average molecular weight is 246 g/mol. The third-order valence-corrected chi connectivity index (χ3v) is 4.48. The summed E-state index contributed by atoms with van der Waals surface area (Å²) in [4.78, 5) is 4.44. The second-order valence-electron chi connectivity index (χ2n) is 5.70. The fourth-order valence-electron chi connectivity index (χ4n) is 3.34. The summed E-state index contributed by atoms with van der Waals surface area (Å²) in [5.41, 5.74) is 2.45. The maximum Gasteiger partial charge on any atom is 0.0372 e. The van der Waals surface area contributed by atoms with E-state index in [2.05, 4.69) is 36.4 Å². The van der Waals surface area contributed by atoms with Crippen LogP contribution >= 0.6 is 0 Å². The van der Waals surface area contributed by atoms with Gasteiger partial charge >= 0.3 is 0 Å². The summed E-state index contributed by atoms with van der Waals surface area (Å²) in [7, 11) is 2.08. The molecule has 1 saturated carbocycles. The van der Waals surface area contributed by atoms with Gasteiger partial charge in [-0.1, -0.05) is 32.3 Å². The van der Waals surface area contributed by atoms with Crippen LogP contribution in [0.4, 0.5) is 0 Å². The third-order valence-electron chi connectivity index (χ3n) is 4.48. The number of aromatic nitrogens is 1. The fraction of sp³-hybridized carbons (Fsp3) is 0.688. The van der Waals surface area contributed by atoms with Crippen LogP contribution < -0.4 is 5.32 Å². The van der Waals surface area contributed by atoms with E-state index >= 15 is 0 Å². The minimum atomic E-state index is 0.479. The van der Waals surface area contributed by atoms with Crippen LogP contribution in [-0.4, -0.2) is 12.0 Å². The van der Waals surface area contributed by atoms with Crippen molar-refractivity contribution in [1.29, 1.82) is 0 Å². The summed E-state index contributed by atoms with van der Waals surface area (Å²) >= 11 is 0. The molecule has 2 heteroatoms. The zero-order chi connectivity index (χ0) is 13.0. The van der Waals surface area contributed by atoms with Gasteiger partial charge in [0.15, 0.2) is 0 Å². The first-order valence-corrected chi connectivity index (χ1v) is 7.34. The monoisotopic (exact) mass is 246 g/mol. The molecule has 3 unspecified atom stereocenters. The summed E-state index contributed by atoms with van der Waals surface area (Å²) < 4.78 is 0. The zero-order valence-electron chi connectivity index (χ0n) is 11.9. The van der Waals surface area contributed by atoms with Crippen molar-refractivity contribution < 1.29 is 0 Å². The normalized spacial score (nSPS) is 25.9. The lowest BCUT2D eigenvalue weighted by atomic mass is 9.75. The van der Waals surface area contributed by atoms with Crippen LogP contribution in [0.5, 0.6) is 0 Å². The van der Waals surface area contributed by atoms with Crippen molar-refractivity contribution in [2.24, 2.45) is 11.8 Å². The van der Waals surface area contributed by atoms with Gasteiger partial charge in [0.2, 0.25) is 0 Å². The van der Waals surface area contributed by atoms with Crippen LogP contribution in [0.3, 0.4) is 0 Å². The Hall–Kier alpha value is -0.890. The molecule has 1 fully saturated rings. The van der Waals surface area contributed by atoms with Crippen molar-refractivity contribution in [3.8, 4) is 0 Å². The molecule has 1 aliphatic rings. The van der Waals surface area contributed by atoms with Crippen molar-refractivity contribution in [1.82, 2.24) is 10.3 Å². The molecular formula is C16H26N2. The van der Waals surface area contributed by atoms with Crippen LogP contribution in [0.1, 0.15) is 56.3 Å². The maximum absolute atomic E-state index is 4.44. The Bertz CT molecular complexity index is 358. The molecule has 2 rings (SSSR count). The van der Waals surface area contributed by atoms with Crippen LogP contribution in [0.25, 0.3) is 0 Å². The highest BCUT2D eigenvalue weighted by molar-refractivity contribution is 5.18. The molecule has 0 radical (unpaired) electrons. The summed E-state index contributed by atoms with van der Waals surface area (Å²) in [6, 6.07) is 4.84. The van der Waals surface area contributed by atoms with Gasteiger partial charge in [0.25, 0.3) is 0 Å². The number of aryl methyl sites for hydroxylation is 1. The molecule has 2 nitrogen and oxygen atoms in total. The smallest absolute Gasteiger partial charge is 0.0372 e. The molecule has 0 saturated heterocycles. The predicted molar refractivity (Wildman–Crippen MR) is 76.5 cm³/mol. The molecule has 0 spiro atoms. The standard InChI is InChI=1S/C16H26N2/c1-4-13-6-5-7-14(10-13)16(17-3)15-9-8-12(2)18-11-15/h8-9,11,13-14,16-17H,4-7,10H2,1-3H3. The summed E-state index contributed by atoms with van der Waals surface area (Å²) in [5.74, 6) is 1.70. The first-order valence-electron chi connectivity index (χ1n) is 7.34. The van der Waals surface area contributed by atoms with E-state index in [1.165, 1.54) is 37.7 Å². The Kier molecular flexibility index (Phi) is 4.76. The number of nitrogens with one attached hydrogen (secondary N) is 1. The molecule has 18 heavy (non-hydrogen) atoms. The summed E-state index contributed by atoms with van der Waals surface area (Å²) in [5, 5.41) is 3.51. The molecule has 0 aliphatic heterocycles. The number of rotatable bonds is 4. The molecule has 0 amide bonds. The van der Waals surface area contributed by atoms with E-state index < -0.39 is 0 Å². The third kappa shape index (κ3) is 3.11. The average Bonchev–Trinajstić information content (AvgIpc) is 2.42. The van der Waals surface area contributed by atoms with E-state index in [4.69, 9.17) is 0 Å². The molecule has 100 valence electrons. The van der Waals surface area contributed by atoms with Crippen molar-refractivity contribution in [3.05, 3.63) is 29.6 Å². The number of pyridine rings is 1. The molecular weight excluding hydrogens is 220 g/mol. The van der Waals surface area contributed by atoms with Gasteiger partial charge in [0.1, 0.15) is 0 Å². The van der Waals surface area contributed by atoms with Crippen LogP contribution in [0.15, 0.2) is 18.3 Å². The lowest BCUT2D eigenvalue weighted by molar-refractivity contribution is 0.214. The van der Waals surface area contributed by atoms with Gasteiger partial charge in [0, 0.05) is 17.9 Å². The van der Waals surface area contributed by atoms with Gasteiger partial charge in [0.05, 0.1) is 0 Å². The van der Waals surface area contributed by atoms with E-state index in [0.29, 0.717) is 6.04 Å². The lowest BCUT2D eigenvalue weighted by Crippen LogP contribution is -2.29. The van der Waals surface area contributed by atoms with Gasteiger partial charge in [-0.3, -0.25) is 4.98 Å². The zero-order valence-corrected chi connectivity index (χ0v) is 11.9. The van der Waals surface area contributed by atoms with Crippen molar-refractivity contribution in [3.63, 3.8) is 0 Å². The molecule has 0 bridgehead atoms. The van der Waals surface area contributed by atoms with E-state index in [1.807, 2.05) is 13.1 Å². The Balaban J connectivity index is 2.10. The van der Waals surface area contributed by atoms with Crippen molar-refractivity contribution in [2.75, 3.05) is 7.05 Å². The summed E-state index contributed by atoms with van der Waals surface area (Å²) in [6.07, 6.45) is 8.92. The molecule has 1 aromatic heterocycles. The predicted octanol–water partition coefficient (Wildman–Crippen LogP) is 3.87. The van der Waals surface area contributed by atoms with Gasteiger partial charge < -0.3 is 5.32 Å². The first-order chi connectivity index (χ1) is 8.74. The highest BCUT2D eigenvalue weighted by atomic mass is 14.9. The fourth-order valence-corrected chi connectivity index (χ4v) is 3.34. The summed E-state index contributed by atoms with van der Waals surface area (Å²) in [6.45, 7) is 4.38. The number of nitrogens with zero attached hydrogens (tertiary/aromatic N) is 1. The highest BCUT2D eigenvalue weighted by Gasteiger charge is 2.27. The quantitative estimate of drug-likeness (QED) is 0.872. The molecule has 1 aliphatic carbocycles. The van der Waals surface area contributed by atoms with Gasteiger partial charge in [-0.2, -0.15) is 0 Å². The second-order valence-corrected chi connectivity index (χ2v) is 5.70. The van der Waals surface area contributed by atoms with Crippen molar-refractivity contribution >= 4 is 0 Å². The number of hydrogen-bond acceptors (Lipinski definition) is 2. The Morgan fingerprint density at radius 1 is 1.39 bits per heavy atom. The van der Waals surface area contributed by atoms with E-state index in [1.54, 1.807) is 0 Å². The van der Waals surface area contributed by atoms with E-state index in [0.717, 1.165) is 17.5 Å². The Morgan fingerprint density at radius 2 is 2.22 bits per heavy atom. The van der Waals surface area contributed by atoms with Gasteiger partial charge in [-0.15, -0.1) is 0 Å². The van der Waals surface area contributed by atoms with Crippen molar-refractivity contribution in [2.45, 2.75) is 52.0 Å². The lowest BCUT2D eigenvalue weighted by Gasteiger charge is -2.34. The largest absolute Gasteiger partial charge is 0.313 e. The minimum absolute atomic E-state index is 0.479. The second kappa shape index (κ2) is 6.33. The highest BCUT2D eigenvalue weighted by Crippen LogP contribution is 2.38. The molecule has 1 heterocycles.